The van der Waals surface area contributed by atoms with E-state index in [9.17, 15) is 0 Å². The first-order valence-corrected chi connectivity index (χ1v) is 6.58. The average Bonchev–Trinajstić information content (AvgIpc) is 2.52. The van der Waals surface area contributed by atoms with Crippen LogP contribution in [0.1, 0.15) is 0 Å². The minimum Gasteiger partial charge on any atom is -0.447 e. The lowest BCUT2D eigenvalue weighted by molar-refractivity contribution is 0.360. The molecule has 0 fully saturated rings. The van der Waals surface area contributed by atoms with Gasteiger partial charge in [-0.1, -0.05) is 12.1 Å². The third-order valence-electron chi connectivity index (χ3n) is 2.02. The molecule has 0 atom stereocenters. The van der Waals surface area contributed by atoms with Crippen LogP contribution in [0.5, 0.6) is 23.0 Å². The van der Waals surface area contributed by atoms with Gasteiger partial charge in [0.05, 0.1) is 0 Å². The number of benzene rings is 1. The van der Waals surface area contributed by atoms with E-state index in [0.717, 1.165) is 30.6 Å². The Kier molecular flexibility index (Phi) is 2.26. The highest BCUT2D eigenvalue weighted by atomic mass is 79.9. The molecule has 0 bridgehead atoms. The van der Waals surface area contributed by atoms with Crippen molar-refractivity contribution in [2.45, 2.75) is 0 Å². The molecular weight excluding hydrogens is 344 g/mol. The Labute approximate surface area is 107 Å². The van der Waals surface area contributed by atoms with Crippen molar-refractivity contribution in [2.75, 3.05) is 0 Å². The highest BCUT2D eigenvalue weighted by Gasteiger charge is 2.25. The summed E-state index contributed by atoms with van der Waals surface area (Å²) < 4.78 is 13.3. The monoisotopic (exact) mass is 346 g/mol. The molecule has 0 saturated carbocycles. The van der Waals surface area contributed by atoms with Crippen molar-refractivity contribution < 1.29 is 9.47 Å². The zero-order valence-corrected chi connectivity index (χ0v) is 11.3. The lowest BCUT2D eigenvalue weighted by atomic mass is 10.3. The second-order valence-corrected chi connectivity index (χ2v) is 6.61. The van der Waals surface area contributed by atoms with Gasteiger partial charge in [0.15, 0.2) is 23.0 Å². The molecule has 2 aromatic rings. The van der Waals surface area contributed by atoms with Gasteiger partial charge in [-0.25, -0.2) is 0 Å². The average molecular weight is 348 g/mol. The number of hydrogen-bond acceptors (Lipinski definition) is 3. The molecule has 0 N–H and O–H groups in total. The molecule has 0 aliphatic carbocycles. The van der Waals surface area contributed by atoms with Crippen molar-refractivity contribution in [3.05, 3.63) is 31.8 Å². The predicted octanol–water partition coefficient (Wildman–Crippen LogP) is 5.17. The Morgan fingerprint density at radius 3 is 1.80 bits per heavy atom. The number of para-hydroxylation sites is 2. The number of thiophene rings is 1. The Morgan fingerprint density at radius 1 is 0.867 bits per heavy atom. The predicted molar refractivity (Wildman–Crippen MR) is 66.3 cm³/mol. The molecule has 76 valence electrons. The SMILES string of the molecule is Brc1sc(Br)c2c1Oc1ccccc1O2. The van der Waals surface area contributed by atoms with Crippen molar-refractivity contribution in [3.8, 4) is 23.0 Å². The summed E-state index contributed by atoms with van der Waals surface area (Å²) in [6, 6.07) is 7.61. The first-order chi connectivity index (χ1) is 7.25. The number of fused-ring (bicyclic) bond motifs is 2. The normalized spacial score (nSPS) is 12.4. The minimum atomic E-state index is 0.741. The maximum Gasteiger partial charge on any atom is 0.196 e. The first-order valence-electron chi connectivity index (χ1n) is 4.18. The Morgan fingerprint density at radius 2 is 1.33 bits per heavy atom. The van der Waals surface area contributed by atoms with Gasteiger partial charge < -0.3 is 9.47 Å². The lowest BCUT2D eigenvalue weighted by Crippen LogP contribution is -1.96. The number of ether oxygens (including phenoxy) is 2. The fourth-order valence-electron chi connectivity index (χ4n) is 1.36. The van der Waals surface area contributed by atoms with E-state index in [1.54, 1.807) is 0 Å². The molecule has 5 heteroatoms. The van der Waals surface area contributed by atoms with Crippen LogP contribution in [-0.4, -0.2) is 0 Å². The zero-order chi connectivity index (χ0) is 10.4. The molecule has 0 spiro atoms. The van der Waals surface area contributed by atoms with Crippen molar-refractivity contribution in [3.63, 3.8) is 0 Å². The molecule has 15 heavy (non-hydrogen) atoms. The van der Waals surface area contributed by atoms with Crippen LogP contribution in [0.4, 0.5) is 0 Å². The second kappa shape index (κ2) is 3.50. The molecule has 0 unspecified atom stereocenters. The molecule has 1 aliphatic rings. The highest BCUT2D eigenvalue weighted by molar-refractivity contribution is 9.12. The van der Waals surface area contributed by atoms with E-state index in [1.165, 1.54) is 11.3 Å². The summed E-state index contributed by atoms with van der Waals surface area (Å²) >= 11 is 8.42. The summed E-state index contributed by atoms with van der Waals surface area (Å²) in [7, 11) is 0. The van der Waals surface area contributed by atoms with E-state index < -0.39 is 0 Å². The van der Waals surface area contributed by atoms with E-state index in [4.69, 9.17) is 9.47 Å². The largest absolute Gasteiger partial charge is 0.447 e. The zero-order valence-electron chi connectivity index (χ0n) is 7.29. The van der Waals surface area contributed by atoms with Gasteiger partial charge in [-0.3, -0.25) is 0 Å². The Hall–Kier alpha value is -0.520. The van der Waals surface area contributed by atoms with E-state index in [1.807, 2.05) is 24.3 Å². The Bertz CT molecular complexity index is 491. The van der Waals surface area contributed by atoms with Crippen molar-refractivity contribution in [2.24, 2.45) is 0 Å². The topological polar surface area (TPSA) is 18.5 Å². The lowest BCUT2D eigenvalue weighted by Gasteiger charge is -2.17. The van der Waals surface area contributed by atoms with Crippen LogP contribution < -0.4 is 9.47 Å². The summed E-state index contributed by atoms with van der Waals surface area (Å²) in [5, 5.41) is 0. The summed E-state index contributed by atoms with van der Waals surface area (Å²) in [6.45, 7) is 0. The van der Waals surface area contributed by atoms with Crippen LogP contribution in [-0.2, 0) is 0 Å². The molecule has 2 nitrogen and oxygen atoms in total. The summed E-state index contributed by atoms with van der Waals surface area (Å²) in [5.41, 5.74) is 0. The summed E-state index contributed by atoms with van der Waals surface area (Å²) in [4.78, 5) is 0. The van der Waals surface area contributed by atoms with Gasteiger partial charge in [0.2, 0.25) is 0 Å². The molecular formula is C10H4Br2O2S. The van der Waals surface area contributed by atoms with E-state index >= 15 is 0 Å². The summed E-state index contributed by atoms with van der Waals surface area (Å²) in [6.07, 6.45) is 0. The fourth-order valence-corrected chi connectivity index (χ4v) is 4.12. The molecule has 2 heterocycles. The van der Waals surface area contributed by atoms with Gasteiger partial charge in [-0.15, -0.1) is 11.3 Å². The third-order valence-corrected chi connectivity index (χ3v) is 4.44. The van der Waals surface area contributed by atoms with E-state index in [-0.39, 0.29) is 0 Å². The van der Waals surface area contributed by atoms with E-state index in [0.29, 0.717) is 0 Å². The van der Waals surface area contributed by atoms with Gasteiger partial charge in [-0.2, -0.15) is 0 Å². The van der Waals surface area contributed by atoms with Gasteiger partial charge in [0.25, 0.3) is 0 Å². The van der Waals surface area contributed by atoms with Gasteiger partial charge >= 0.3 is 0 Å². The molecule has 3 rings (SSSR count). The third kappa shape index (κ3) is 1.49. The second-order valence-electron chi connectivity index (χ2n) is 2.96. The van der Waals surface area contributed by atoms with Crippen LogP contribution in [0.3, 0.4) is 0 Å². The van der Waals surface area contributed by atoms with Gasteiger partial charge in [0, 0.05) is 0 Å². The van der Waals surface area contributed by atoms with Crippen LogP contribution >= 0.6 is 43.2 Å². The maximum atomic E-state index is 5.74. The Balaban J connectivity index is 2.16. The molecule has 0 amide bonds. The van der Waals surface area contributed by atoms with E-state index in [2.05, 4.69) is 31.9 Å². The van der Waals surface area contributed by atoms with Crippen molar-refractivity contribution in [1.82, 2.24) is 0 Å². The molecule has 1 aromatic carbocycles. The highest BCUT2D eigenvalue weighted by Crippen LogP contribution is 2.55. The molecule has 0 radical (unpaired) electrons. The first kappa shape index (κ1) is 9.69. The standard InChI is InChI=1S/C10H4Br2O2S/c11-9-7-8(10(12)15-9)14-6-4-2-1-3-5(6)13-7/h1-4H. The van der Waals surface area contributed by atoms with Crippen molar-refractivity contribution in [1.29, 1.82) is 0 Å². The smallest absolute Gasteiger partial charge is 0.196 e. The van der Waals surface area contributed by atoms with Crippen LogP contribution in [0.25, 0.3) is 0 Å². The number of hydrogen-bond donors (Lipinski definition) is 0. The van der Waals surface area contributed by atoms with Gasteiger partial charge in [-0.05, 0) is 44.0 Å². The van der Waals surface area contributed by atoms with Crippen LogP contribution in [0.15, 0.2) is 31.8 Å². The van der Waals surface area contributed by atoms with Gasteiger partial charge in [0.1, 0.15) is 7.57 Å². The number of rotatable bonds is 0. The fraction of sp³-hybridized carbons (Fsp3) is 0. The number of halogens is 2. The minimum absolute atomic E-state index is 0.741. The quantitative estimate of drug-likeness (QED) is 0.558. The van der Waals surface area contributed by atoms with Crippen LogP contribution in [0, 0.1) is 0 Å². The maximum absolute atomic E-state index is 5.74. The summed E-state index contributed by atoms with van der Waals surface area (Å²) in [5.74, 6) is 2.98. The van der Waals surface area contributed by atoms with Crippen LogP contribution in [0.2, 0.25) is 0 Å². The molecule has 1 aliphatic heterocycles. The van der Waals surface area contributed by atoms with Crippen molar-refractivity contribution >= 4 is 43.2 Å². The molecule has 1 aromatic heterocycles. The molecule has 0 saturated heterocycles.